The second kappa shape index (κ2) is 17.9. The highest BCUT2D eigenvalue weighted by molar-refractivity contribution is 5.94. The molecule has 0 bridgehead atoms. The van der Waals surface area contributed by atoms with Crippen molar-refractivity contribution in [2.45, 2.75) is 78.4 Å². The van der Waals surface area contributed by atoms with Crippen LogP contribution in [-0.4, -0.2) is 84.3 Å². The van der Waals surface area contributed by atoms with Gasteiger partial charge >= 0.3 is 12.2 Å². The summed E-state index contributed by atoms with van der Waals surface area (Å²) < 4.78 is 11.2. The van der Waals surface area contributed by atoms with Crippen LogP contribution >= 0.6 is 0 Å². The van der Waals surface area contributed by atoms with Crippen LogP contribution in [0.15, 0.2) is 60.7 Å². The lowest BCUT2D eigenvalue weighted by Gasteiger charge is -2.29. The normalized spacial score (nSPS) is 11.3. The number of rotatable bonds is 15. The standard InChI is InChI=1S/C34H50N4O6/c1-33(2,3)43-31(41)37(25-15-21-35-29(39)27-17-9-7-10-18-27)23-13-14-24-38(32(42)44-34(4,5)6)26-16-22-36-30(40)28-19-11-8-12-20-28/h7-12,17-20H,13-16,21-26H2,1-6H3,(H,35,39)(H,36,40). The van der Waals surface area contributed by atoms with Crippen molar-refractivity contribution in [2.75, 3.05) is 39.3 Å². The Morgan fingerprint density at radius 2 is 0.864 bits per heavy atom. The Bertz CT molecular complexity index is 1080. The molecule has 242 valence electrons. The van der Waals surface area contributed by atoms with E-state index in [2.05, 4.69) is 10.6 Å². The molecule has 0 atom stereocenters. The van der Waals surface area contributed by atoms with Crippen molar-refractivity contribution in [2.24, 2.45) is 0 Å². The minimum atomic E-state index is -0.639. The Morgan fingerprint density at radius 1 is 0.545 bits per heavy atom. The molecule has 0 saturated carbocycles. The summed E-state index contributed by atoms with van der Waals surface area (Å²) in [6, 6.07) is 18.0. The predicted octanol–water partition coefficient (Wildman–Crippen LogP) is 5.88. The second-order valence-corrected chi connectivity index (χ2v) is 12.6. The Hall–Kier alpha value is -4.08. The third-order valence-electron chi connectivity index (χ3n) is 6.26. The van der Waals surface area contributed by atoms with Crippen LogP contribution in [-0.2, 0) is 9.47 Å². The third-order valence-corrected chi connectivity index (χ3v) is 6.26. The van der Waals surface area contributed by atoms with Crippen molar-refractivity contribution in [3.63, 3.8) is 0 Å². The van der Waals surface area contributed by atoms with Crippen LogP contribution in [0.3, 0.4) is 0 Å². The molecule has 10 nitrogen and oxygen atoms in total. The van der Waals surface area contributed by atoms with Crippen LogP contribution in [0.1, 0.15) is 87.9 Å². The summed E-state index contributed by atoms with van der Waals surface area (Å²) in [4.78, 5) is 53.8. The van der Waals surface area contributed by atoms with Crippen molar-refractivity contribution in [3.8, 4) is 0 Å². The maximum absolute atomic E-state index is 12.9. The molecule has 4 amide bonds. The fourth-order valence-corrected chi connectivity index (χ4v) is 4.17. The van der Waals surface area contributed by atoms with Crippen molar-refractivity contribution >= 4 is 24.0 Å². The molecule has 2 aromatic rings. The highest BCUT2D eigenvalue weighted by atomic mass is 16.6. The topological polar surface area (TPSA) is 117 Å². The molecule has 2 N–H and O–H groups in total. The van der Waals surface area contributed by atoms with Gasteiger partial charge in [-0.05, 0) is 91.5 Å². The number of benzene rings is 2. The number of hydrogen-bond donors (Lipinski definition) is 2. The van der Waals surface area contributed by atoms with Gasteiger partial charge in [-0.25, -0.2) is 9.59 Å². The molecular formula is C34H50N4O6. The van der Waals surface area contributed by atoms with Crippen molar-refractivity contribution in [1.82, 2.24) is 20.4 Å². The quantitative estimate of drug-likeness (QED) is 0.243. The van der Waals surface area contributed by atoms with E-state index in [9.17, 15) is 19.2 Å². The van der Waals surface area contributed by atoms with Crippen LogP contribution < -0.4 is 10.6 Å². The van der Waals surface area contributed by atoms with Crippen LogP contribution in [0.2, 0.25) is 0 Å². The summed E-state index contributed by atoms with van der Waals surface area (Å²) in [6.07, 6.45) is 1.59. The molecule has 0 radical (unpaired) electrons. The van der Waals surface area contributed by atoms with Gasteiger partial charge in [-0.15, -0.1) is 0 Å². The highest BCUT2D eigenvalue weighted by Crippen LogP contribution is 2.13. The number of hydrogen-bond acceptors (Lipinski definition) is 6. The van der Waals surface area contributed by atoms with E-state index in [1.54, 1.807) is 34.1 Å². The van der Waals surface area contributed by atoms with E-state index in [-0.39, 0.29) is 11.8 Å². The molecule has 44 heavy (non-hydrogen) atoms. The lowest BCUT2D eigenvalue weighted by Crippen LogP contribution is -2.40. The van der Waals surface area contributed by atoms with E-state index in [1.165, 1.54) is 0 Å². The minimum absolute atomic E-state index is 0.156. The number of unbranched alkanes of at least 4 members (excludes halogenated alkanes) is 1. The van der Waals surface area contributed by atoms with Gasteiger partial charge in [0.2, 0.25) is 0 Å². The molecule has 2 rings (SSSR count). The Morgan fingerprint density at radius 3 is 1.18 bits per heavy atom. The van der Waals surface area contributed by atoms with E-state index in [0.29, 0.717) is 76.1 Å². The number of amides is 4. The van der Waals surface area contributed by atoms with E-state index in [0.717, 1.165) is 0 Å². The average Bonchev–Trinajstić information content (AvgIpc) is 2.96. The molecule has 0 aliphatic rings. The zero-order chi connectivity index (χ0) is 32.6. The highest BCUT2D eigenvalue weighted by Gasteiger charge is 2.24. The number of nitrogens with zero attached hydrogens (tertiary/aromatic N) is 2. The molecule has 2 aromatic carbocycles. The Balaban J connectivity index is 1.88. The Kier molecular flexibility index (Phi) is 14.7. The van der Waals surface area contributed by atoms with E-state index in [1.807, 2.05) is 77.9 Å². The number of ether oxygens (including phenoxy) is 2. The maximum atomic E-state index is 12.9. The molecule has 0 unspecified atom stereocenters. The monoisotopic (exact) mass is 610 g/mol. The third kappa shape index (κ3) is 14.9. The molecular weight excluding hydrogens is 560 g/mol. The molecule has 0 saturated heterocycles. The first-order valence-corrected chi connectivity index (χ1v) is 15.4. The van der Waals surface area contributed by atoms with E-state index < -0.39 is 23.4 Å². The lowest BCUT2D eigenvalue weighted by atomic mass is 10.2. The molecule has 0 aromatic heterocycles. The van der Waals surface area contributed by atoms with E-state index >= 15 is 0 Å². The fourth-order valence-electron chi connectivity index (χ4n) is 4.17. The SMILES string of the molecule is CC(C)(C)OC(=O)N(CCCCN(CCCNC(=O)c1ccccc1)C(=O)OC(C)(C)C)CCCNC(=O)c1ccccc1. The van der Waals surface area contributed by atoms with Gasteiger partial charge in [0, 0.05) is 50.4 Å². The molecule has 0 heterocycles. The van der Waals surface area contributed by atoms with Gasteiger partial charge in [0.1, 0.15) is 11.2 Å². The van der Waals surface area contributed by atoms with Gasteiger partial charge < -0.3 is 29.9 Å². The molecule has 0 spiro atoms. The van der Waals surface area contributed by atoms with Crippen molar-refractivity contribution in [1.29, 1.82) is 0 Å². The van der Waals surface area contributed by atoms with Crippen LogP contribution in [0, 0.1) is 0 Å². The maximum Gasteiger partial charge on any atom is 0.410 e. The summed E-state index contributed by atoms with van der Waals surface area (Å²) in [5.41, 5.74) is -0.102. The first kappa shape index (κ1) is 36.1. The molecule has 0 aliphatic carbocycles. The van der Waals surface area contributed by atoms with Gasteiger partial charge in [0.25, 0.3) is 11.8 Å². The van der Waals surface area contributed by atoms with Crippen molar-refractivity contribution < 1.29 is 28.7 Å². The molecule has 0 fully saturated rings. The number of carbonyl (C=O) groups is 4. The van der Waals surface area contributed by atoms with Gasteiger partial charge in [-0.3, -0.25) is 9.59 Å². The minimum Gasteiger partial charge on any atom is -0.444 e. The molecule has 0 aliphatic heterocycles. The van der Waals surface area contributed by atoms with E-state index in [4.69, 9.17) is 9.47 Å². The van der Waals surface area contributed by atoms with Gasteiger partial charge in [-0.1, -0.05) is 36.4 Å². The smallest absolute Gasteiger partial charge is 0.410 e. The zero-order valence-corrected chi connectivity index (χ0v) is 27.2. The number of nitrogens with one attached hydrogen (secondary N) is 2. The fraction of sp³-hybridized carbons (Fsp3) is 0.529. The average molecular weight is 611 g/mol. The zero-order valence-electron chi connectivity index (χ0n) is 27.2. The summed E-state index contributed by atoms with van der Waals surface area (Å²) >= 11 is 0. The molecule has 10 heteroatoms. The first-order chi connectivity index (χ1) is 20.7. The first-order valence-electron chi connectivity index (χ1n) is 15.4. The summed E-state index contributed by atoms with van der Waals surface area (Å²) in [5.74, 6) is -0.312. The van der Waals surface area contributed by atoms with Crippen LogP contribution in [0.4, 0.5) is 9.59 Å². The van der Waals surface area contributed by atoms with Gasteiger partial charge in [0.15, 0.2) is 0 Å². The van der Waals surface area contributed by atoms with Gasteiger partial charge in [0.05, 0.1) is 0 Å². The van der Waals surface area contributed by atoms with Crippen molar-refractivity contribution in [3.05, 3.63) is 71.8 Å². The lowest BCUT2D eigenvalue weighted by molar-refractivity contribution is 0.0208. The van der Waals surface area contributed by atoms with Crippen LogP contribution in [0.5, 0.6) is 0 Å². The predicted molar refractivity (Wildman–Crippen MR) is 172 cm³/mol. The summed E-state index contributed by atoms with van der Waals surface area (Å²) in [5, 5.41) is 5.79. The van der Waals surface area contributed by atoms with Crippen LogP contribution in [0.25, 0.3) is 0 Å². The second-order valence-electron chi connectivity index (χ2n) is 12.6. The van der Waals surface area contributed by atoms with Gasteiger partial charge in [-0.2, -0.15) is 0 Å². The largest absolute Gasteiger partial charge is 0.444 e. The number of carbonyl (C=O) groups excluding carboxylic acids is 4. The Labute approximate surface area is 262 Å². The summed E-state index contributed by atoms with van der Waals surface area (Å²) in [7, 11) is 0. The summed E-state index contributed by atoms with van der Waals surface area (Å²) in [6.45, 7) is 13.5.